The molecule has 0 aliphatic heterocycles. The second-order valence-corrected chi connectivity index (χ2v) is 6.95. The molecule has 1 aliphatic carbocycles. The molecule has 5 heteroatoms. The van der Waals surface area contributed by atoms with Crippen molar-refractivity contribution in [2.24, 2.45) is 11.8 Å². The van der Waals surface area contributed by atoms with Crippen molar-refractivity contribution < 1.29 is 19.4 Å². The summed E-state index contributed by atoms with van der Waals surface area (Å²) in [5, 5.41) is 12.8. The number of hydrogen-bond donors (Lipinski definition) is 2. The largest absolute Gasteiger partial charge is 0.507 e. The van der Waals surface area contributed by atoms with E-state index < -0.39 is 12.1 Å². The van der Waals surface area contributed by atoms with Gasteiger partial charge in [-0.3, -0.25) is 4.79 Å². The van der Waals surface area contributed by atoms with Gasteiger partial charge in [-0.2, -0.15) is 0 Å². The maximum absolute atomic E-state index is 12.3. The Hall–Kier alpha value is -2.04. The van der Waals surface area contributed by atoms with E-state index in [-0.39, 0.29) is 23.3 Å². The zero-order valence-corrected chi connectivity index (χ0v) is 14.8. The highest BCUT2D eigenvalue weighted by Crippen LogP contribution is 2.29. The number of nitrogens with one attached hydrogen (secondary N) is 1. The van der Waals surface area contributed by atoms with Crippen LogP contribution in [0.5, 0.6) is 5.75 Å². The second-order valence-electron chi connectivity index (χ2n) is 6.95. The summed E-state index contributed by atoms with van der Waals surface area (Å²) < 4.78 is 5.21. The molecule has 0 radical (unpaired) electrons. The Morgan fingerprint density at radius 2 is 2.00 bits per heavy atom. The minimum atomic E-state index is -0.900. The van der Waals surface area contributed by atoms with Gasteiger partial charge in [0.2, 0.25) is 0 Å². The van der Waals surface area contributed by atoms with Gasteiger partial charge >= 0.3 is 5.97 Å². The molecule has 132 valence electrons. The van der Waals surface area contributed by atoms with Gasteiger partial charge in [-0.25, -0.2) is 4.79 Å². The van der Waals surface area contributed by atoms with Crippen molar-refractivity contribution in [3.05, 3.63) is 29.3 Å². The number of benzene rings is 1. The van der Waals surface area contributed by atoms with Crippen LogP contribution in [-0.2, 0) is 9.53 Å². The molecule has 2 rings (SSSR count). The highest BCUT2D eigenvalue weighted by atomic mass is 16.5. The zero-order chi connectivity index (χ0) is 17.9. The smallest absolute Gasteiger partial charge is 0.342 e. The van der Waals surface area contributed by atoms with E-state index in [1.807, 2.05) is 6.92 Å². The average molecular weight is 333 g/mol. The summed E-state index contributed by atoms with van der Waals surface area (Å²) in [6.45, 7) is 7.72. The molecule has 24 heavy (non-hydrogen) atoms. The van der Waals surface area contributed by atoms with E-state index in [1.165, 1.54) is 18.6 Å². The van der Waals surface area contributed by atoms with Crippen LogP contribution < -0.4 is 5.32 Å². The Morgan fingerprint density at radius 3 is 2.67 bits per heavy atom. The van der Waals surface area contributed by atoms with Crippen molar-refractivity contribution in [1.82, 2.24) is 5.32 Å². The number of phenolic OH excluding ortho intramolecular Hbond substituents is 1. The predicted molar refractivity (Wildman–Crippen MR) is 91.8 cm³/mol. The molecule has 0 saturated heterocycles. The van der Waals surface area contributed by atoms with Gasteiger partial charge in [0.25, 0.3) is 5.91 Å². The highest BCUT2D eigenvalue weighted by molar-refractivity contribution is 5.94. The molecular weight excluding hydrogens is 306 g/mol. The molecule has 0 heterocycles. The molecule has 1 aromatic carbocycles. The lowest BCUT2D eigenvalue weighted by Crippen LogP contribution is -2.47. The van der Waals surface area contributed by atoms with Crippen molar-refractivity contribution in [3.8, 4) is 5.75 Å². The molecule has 0 unspecified atom stereocenters. The molecule has 5 nitrogen and oxygen atoms in total. The summed E-state index contributed by atoms with van der Waals surface area (Å²) in [4.78, 5) is 24.5. The van der Waals surface area contributed by atoms with Gasteiger partial charge in [-0.15, -0.1) is 0 Å². The molecule has 1 aromatic rings. The fraction of sp³-hybridized carbons (Fsp3) is 0.579. The van der Waals surface area contributed by atoms with Crippen LogP contribution in [0.4, 0.5) is 0 Å². The van der Waals surface area contributed by atoms with Crippen LogP contribution in [0, 0.1) is 18.8 Å². The third-order valence-electron chi connectivity index (χ3n) is 5.06. The van der Waals surface area contributed by atoms with Gasteiger partial charge in [0.15, 0.2) is 6.10 Å². The molecule has 0 bridgehead atoms. The Kier molecular flexibility index (Phi) is 5.86. The van der Waals surface area contributed by atoms with Crippen LogP contribution in [0.25, 0.3) is 0 Å². The molecule has 1 amide bonds. The van der Waals surface area contributed by atoms with Gasteiger partial charge < -0.3 is 15.2 Å². The lowest BCUT2D eigenvalue weighted by molar-refractivity contribution is -0.130. The number of aryl methyl sites for hydroxylation is 1. The average Bonchev–Trinajstić information content (AvgIpc) is 2.51. The van der Waals surface area contributed by atoms with Crippen molar-refractivity contribution >= 4 is 11.9 Å². The van der Waals surface area contributed by atoms with E-state index in [4.69, 9.17) is 4.74 Å². The first-order chi connectivity index (χ1) is 11.3. The maximum Gasteiger partial charge on any atom is 0.342 e. The number of rotatable bonds is 4. The van der Waals surface area contributed by atoms with Gasteiger partial charge in [0.1, 0.15) is 11.3 Å². The monoisotopic (exact) mass is 333 g/mol. The molecule has 1 aliphatic rings. The molecule has 1 fully saturated rings. The van der Waals surface area contributed by atoms with E-state index >= 15 is 0 Å². The molecule has 0 spiro atoms. The quantitative estimate of drug-likeness (QED) is 0.830. The normalized spacial score (nSPS) is 24.9. The van der Waals surface area contributed by atoms with Gasteiger partial charge in [0, 0.05) is 6.04 Å². The Balaban J connectivity index is 1.94. The maximum atomic E-state index is 12.3. The van der Waals surface area contributed by atoms with E-state index in [0.717, 1.165) is 18.4 Å². The first kappa shape index (κ1) is 18.3. The van der Waals surface area contributed by atoms with Crippen LogP contribution >= 0.6 is 0 Å². The summed E-state index contributed by atoms with van der Waals surface area (Å²) in [5.41, 5.74) is 0.912. The topological polar surface area (TPSA) is 75.6 Å². The third-order valence-corrected chi connectivity index (χ3v) is 5.06. The fourth-order valence-corrected chi connectivity index (χ4v) is 3.18. The number of ether oxygens (including phenoxy) is 1. The number of carbonyl (C=O) groups is 2. The van der Waals surface area contributed by atoms with E-state index in [2.05, 4.69) is 19.2 Å². The SMILES string of the molecule is Cc1ccc(C(=O)O[C@H](C)C(=O)N[C@H]2CCC[C@H](C)[C@@H]2C)c(O)c1. The predicted octanol–water partition coefficient (Wildman–Crippen LogP) is 3.19. The van der Waals surface area contributed by atoms with Crippen molar-refractivity contribution in [2.45, 2.75) is 59.1 Å². The van der Waals surface area contributed by atoms with Crippen molar-refractivity contribution in [1.29, 1.82) is 0 Å². The summed E-state index contributed by atoms with van der Waals surface area (Å²) in [6.07, 6.45) is 2.34. The third kappa shape index (κ3) is 4.28. The van der Waals surface area contributed by atoms with E-state index in [0.29, 0.717) is 11.8 Å². The van der Waals surface area contributed by atoms with Gasteiger partial charge in [-0.05, 0) is 49.8 Å². The number of amides is 1. The Labute approximate surface area is 143 Å². The molecule has 1 saturated carbocycles. The first-order valence-corrected chi connectivity index (χ1v) is 8.60. The van der Waals surface area contributed by atoms with Gasteiger partial charge in [-0.1, -0.05) is 32.8 Å². The lowest BCUT2D eigenvalue weighted by atomic mass is 9.78. The molecular formula is C19H27NO4. The van der Waals surface area contributed by atoms with Crippen LogP contribution in [0.15, 0.2) is 18.2 Å². The summed E-state index contributed by atoms with van der Waals surface area (Å²) in [5.74, 6) is -0.137. The van der Waals surface area contributed by atoms with Gasteiger partial charge in [0.05, 0.1) is 0 Å². The van der Waals surface area contributed by atoms with Crippen LogP contribution in [-0.4, -0.2) is 29.1 Å². The number of phenols is 1. The van der Waals surface area contributed by atoms with E-state index in [9.17, 15) is 14.7 Å². The van der Waals surface area contributed by atoms with Crippen LogP contribution in [0.1, 0.15) is 56.0 Å². The van der Waals surface area contributed by atoms with E-state index in [1.54, 1.807) is 13.0 Å². The first-order valence-electron chi connectivity index (χ1n) is 8.60. The standard InChI is InChI=1S/C19H27NO4/c1-11-8-9-15(17(21)10-11)19(23)24-14(4)18(22)20-16-7-5-6-12(2)13(16)3/h8-10,12-14,16,21H,5-7H2,1-4H3,(H,20,22)/t12-,13-,14+,16-/m0/s1. The summed E-state index contributed by atoms with van der Waals surface area (Å²) in [7, 11) is 0. The van der Waals surface area contributed by atoms with Crippen molar-refractivity contribution in [2.75, 3.05) is 0 Å². The number of hydrogen-bond acceptors (Lipinski definition) is 4. The highest BCUT2D eigenvalue weighted by Gasteiger charge is 2.30. The molecule has 0 aromatic heterocycles. The molecule has 4 atom stereocenters. The minimum absolute atomic E-state index is 0.0694. The summed E-state index contributed by atoms with van der Waals surface area (Å²) >= 11 is 0. The zero-order valence-electron chi connectivity index (χ0n) is 14.8. The summed E-state index contributed by atoms with van der Waals surface area (Å²) in [6, 6.07) is 4.83. The number of aromatic hydroxyl groups is 1. The number of carbonyl (C=O) groups excluding carboxylic acids is 2. The molecule has 2 N–H and O–H groups in total. The minimum Gasteiger partial charge on any atom is -0.507 e. The lowest BCUT2D eigenvalue weighted by Gasteiger charge is -2.35. The van der Waals surface area contributed by atoms with Crippen LogP contribution in [0.3, 0.4) is 0 Å². The fourth-order valence-electron chi connectivity index (χ4n) is 3.18. The Bertz CT molecular complexity index is 613. The van der Waals surface area contributed by atoms with Crippen LogP contribution in [0.2, 0.25) is 0 Å². The Morgan fingerprint density at radius 1 is 1.29 bits per heavy atom. The second kappa shape index (κ2) is 7.69. The number of esters is 1. The van der Waals surface area contributed by atoms with Crippen molar-refractivity contribution in [3.63, 3.8) is 0 Å².